The van der Waals surface area contributed by atoms with E-state index in [0.717, 1.165) is 24.3 Å². The smallest absolute Gasteiger partial charge is 0.416 e. The monoisotopic (exact) mass is 1680 g/mol. The van der Waals surface area contributed by atoms with Crippen LogP contribution in [0.1, 0.15) is 65.2 Å². The van der Waals surface area contributed by atoms with Crippen LogP contribution >= 0.6 is 0 Å². The van der Waals surface area contributed by atoms with Crippen molar-refractivity contribution in [1.29, 1.82) is 0 Å². The standard InChI is InChI=1S/C80H34F24N12O4/c81-73(82,83)37-13-33(14-38(21-37)74(84,85)86)45-9-11-47(35-17-41(77(93,94)95)23-42(18-35)78(96,97)98)59-57(45)67-111-63-49-25-53-54(106-61(105-53)29-1-5-31(6-2-29)71(117)118)26-50(49)64(109-63)112-68-58-46(34-15-39(75(87,88)89)22-40(16-34)76(90,91)92)10-12-48(36-19-43(79(99,100)101)24-44(20-36)80(102,103)104)60(58)70(116-68)114-66-52-28-56-55(27-51(52)65(110-66)113-69(59)115-67)107-62(108-56)30-3-7-32(8-4-30)72(119)120/h1-28H,(H,105,106)(H,107,108)(H,117,118)(H,119,120)(H2,109,110,111,112,113,114,115,116). The SMILES string of the molecule is O=C(O)c1ccc(-c2nc3cc4c(cc3[nH]2)-c2nc-4nc3[nH]c(nc4nc(nc5[nH]c(n2)c2c(-c6cc(C(F)(F)F)cc(C(F)(F)F)c6)ccc(-c6cc(C(F)(F)F)cc(C(F)(F)F)c6)c52)-c2cc5nc(-c6ccc(C(=O)O)cc6)[nH]c5cc2-4)c2c(-c4cc(C(F)(F)F)cc(C(F)(F)F)c4)ccc(-c4cc(C(F)(F)F)cc(C(F)(F)F)c4)c32)cc1. The molecule has 0 aliphatic carbocycles. The Morgan fingerprint density at radius 3 is 0.658 bits per heavy atom. The van der Waals surface area contributed by atoms with Gasteiger partial charge in [0.25, 0.3) is 0 Å². The molecule has 10 aromatic carbocycles. The van der Waals surface area contributed by atoms with Gasteiger partial charge in [0.1, 0.15) is 34.2 Å². The highest BCUT2D eigenvalue weighted by atomic mass is 19.4. The summed E-state index contributed by atoms with van der Waals surface area (Å²) in [7, 11) is 0. The molecular weight excluding hydrogens is 1650 g/mol. The van der Waals surface area contributed by atoms with E-state index >= 15 is 105 Å². The number of aromatic amines is 4. The van der Waals surface area contributed by atoms with Gasteiger partial charge < -0.3 is 30.1 Å². The lowest BCUT2D eigenvalue weighted by Gasteiger charge is -2.17. The second-order valence-electron chi connectivity index (χ2n) is 27.4. The van der Waals surface area contributed by atoms with Crippen LogP contribution in [0.25, 0.3) is 179 Å². The van der Waals surface area contributed by atoms with E-state index in [-0.39, 0.29) is 151 Å². The molecule has 40 heteroatoms. The van der Waals surface area contributed by atoms with Crippen LogP contribution in [0.3, 0.4) is 0 Å². The lowest BCUT2D eigenvalue weighted by molar-refractivity contribution is -0.144. The first-order valence-corrected chi connectivity index (χ1v) is 34.2. The number of nitrogens with zero attached hydrogens (tertiary/aromatic N) is 8. The molecule has 120 heavy (non-hydrogen) atoms. The number of carbonyl (C=O) groups is 2. The summed E-state index contributed by atoms with van der Waals surface area (Å²) in [4.78, 5) is 73.0. The molecule has 6 N–H and O–H groups in total. The number of fused-ring (bicyclic) bond motifs is 22. The number of benzene rings is 10. The summed E-state index contributed by atoms with van der Waals surface area (Å²) in [6.07, 6.45) is -45.0. The van der Waals surface area contributed by atoms with Crippen LogP contribution in [-0.4, -0.2) is 82.0 Å². The average molecular weight is 1680 g/mol. The number of nitrogens with one attached hydrogen (secondary N) is 4. The van der Waals surface area contributed by atoms with Crippen molar-refractivity contribution in [2.45, 2.75) is 49.4 Å². The summed E-state index contributed by atoms with van der Waals surface area (Å²) in [5.74, 6) is -5.79. The Balaban J connectivity index is 1.10. The summed E-state index contributed by atoms with van der Waals surface area (Å²) in [5, 5.41) is 16.3. The van der Waals surface area contributed by atoms with Crippen molar-refractivity contribution in [3.63, 3.8) is 0 Å². The highest BCUT2D eigenvalue weighted by Gasteiger charge is 2.43. The minimum atomic E-state index is -5.63. The van der Waals surface area contributed by atoms with Crippen LogP contribution in [0.5, 0.6) is 0 Å². The van der Waals surface area contributed by atoms with E-state index in [2.05, 4.69) is 39.9 Å². The number of hydrogen-bond acceptors (Lipinski definition) is 10. The van der Waals surface area contributed by atoms with Crippen LogP contribution in [0.15, 0.2) is 170 Å². The van der Waals surface area contributed by atoms with Gasteiger partial charge in [-0.1, -0.05) is 48.5 Å². The van der Waals surface area contributed by atoms with Crippen molar-refractivity contribution >= 4 is 78.1 Å². The van der Waals surface area contributed by atoms with Crippen LogP contribution in [0, 0.1) is 0 Å². The maximum absolute atomic E-state index is 15.1. The first kappa shape index (κ1) is 78.3. The second kappa shape index (κ2) is 26.6. The van der Waals surface area contributed by atoms with Gasteiger partial charge in [0.2, 0.25) is 0 Å². The molecule has 0 amide bonds. The normalized spacial score (nSPS) is 13.1. The lowest BCUT2D eigenvalue weighted by Crippen LogP contribution is -2.11. The van der Waals surface area contributed by atoms with E-state index < -0.39 is 218 Å². The highest BCUT2D eigenvalue weighted by molar-refractivity contribution is 6.20. The Labute approximate surface area is 648 Å². The van der Waals surface area contributed by atoms with Crippen molar-refractivity contribution in [2.75, 3.05) is 0 Å². The van der Waals surface area contributed by atoms with Crippen molar-refractivity contribution in [2.24, 2.45) is 0 Å². The topological polar surface area (TPSA) is 241 Å². The van der Waals surface area contributed by atoms with Gasteiger partial charge >= 0.3 is 61.3 Å². The van der Waals surface area contributed by atoms with E-state index in [4.69, 9.17) is 19.9 Å². The van der Waals surface area contributed by atoms with Crippen molar-refractivity contribution in [1.82, 2.24) is 59.8 Å². The van der Waals surface area contributed by atoms with Gasteiger partial charge in [-0.3, -0.25) is 0 Å². The molecule has 0 atom stereocenters. The molecule has 0 spiro atoms. The van der Waals surface area contributed by atoms with Gasteiger partial charge in [0.05, 0.1) is 77.7 Å². The third kappa shape index (κ3) is 14.0. The molecule has 0 radical (unpaired) electrons. The number of alkyl halides is 24. The molecule has 16 nitrogen and oxygen atoms in total. The van der Waals surface area contributed by atoms with Gasteiger partial charge in [0, 0.05) is 54.9 Å². The first-order valence-electron chi connectivity index (χ1n) is 34.2. The summed E-state index contributed by atoms with van der Waals surface area (Å²) in [6.45, 7) is 0. The fourth-order valence-electron chi connectivity index (χ4n) is 14.3. The summed E-state index contributed by atoms with van der Waals surface area (Å²) in [6, 6.07) is 18.2. The molecule has 5 aromatic heterocycles. The first-order chi connectivity index (χ1) is 56.0. The maximum Gasteiger partial charge on any atom is 0.416 e. The largest absolute Gasteiger partial charge is 0.478 e. The molecule has 606 valence electrons. The maximum atomic E-state index is 15.1. The fourth-order valence-corrected chi connectivity index (χ4v) is 14.3. The molecule has 0 unspecified atom stereocenters. The predicted octanol–water partition coefficient (Wildman–Crippen LogP) is 24.2. The molecule has 17 rings (SSSR count). The molecular formula is C80H34F24N12O4. The summed E-state index contributed by atoms with van der Waals surface area (Å²) >= 11 is 0. The number of hydrogen-bond donors (Lipinski definition) is 6. The number of aromatic carboxylic acids is 2. The quantitative estimate of drug-likeness (QED) is 0.0779. The molecule has 0 fully saturated rings. The van der Waals surface area contributed by atoms with Gasteiger partial charge in [-0.25, -0.2) is 49.5 Å². The summed E-state index contributed by atoms with van der Waals surface area (Å²) < 4.78 is 363. The van der Waals surface area contributed by atoms with Gasteiger partial charge in [-0.15, -0.1) is 0 Å². The van der Waals surface area contributed by atoms with Crippen molar-refractivity contribution in [3.8, 4) is 113 Å². The number of aromatic nitrogens is 12. The van der Waals surface area contributed by atoms with Gasteiger partial charge in [-0.05, 0) is 166 Å². The zero-order chi connectivity index (χ0) is 85.7. The fraction of sp³-hybridized carbons (Fsp3) is 0.100. The third-order valence-electron chi connectivity index (χ3n) is 19.7. The number of rotatable bonds is 8. The Bertz CT molecular complexity index is 6210. The highest BCUT2D eigenvalue weighted by Crippen LogP contribution is 2.52. The summed E-state index contributed by atoms with van der Waals surface area (Å²) in [5.41, 5.74) is -28.1. The van der Waals surface area contributed by atoms with E-state index in [1.54, 1.807) is 0 Å². The van der Waals surface area contributed by atoms with E-state index in [1.807, 2.05) is 0 Å². The molecule has 8 bridgehead atoms. The Morgan fingerprint density at radius 2 is 0.450 bits per heavy atom. The minimum Gasteiger partial charge on any atom is -0.478 e. The number of carboxylic acid groups (broad SMARTS) is 2. The van der Waals surface area contributed by atoms with E-state index in [1.165, 1.54) is 72.8 Å². The van der Waals surface area contributed by atoms with Crippen LogP contribution in [0.2, 0.25) is 0 Å². The molecule has 0 saturated heterocycles. The van der Waals surface area contributed by atoms with Crippen molar-refractivity contribution in [3.05, 3.63) is 225 Å². The van der Waals surface area contributed by atoms with Crippen molar-refractivity contribution < 1.29 is 125 Å². The molecule has 7 heterocycles. The zero-order valence-electron chi connectivity index (χ0n) is 58.5. The predicted molar refractivity (Wildman–Crippen MR) is 382 cm³/mol. The number of imidazole rings is 2. The zero-order valence-corrected chi connectivity index (χ0v) is 58.5. The van der Waals surface area contributed by atoms with Crippen LogP contribution in [-0.2, 0) is 49.4 Å². The third-order valence-corrected chi connectivity index (χ3v) is 19.7. The van der Waals surface area contributed by atoms with E-state index in [9.17, 15) is 19.8 Å². The Kier molecular flexibility index (Phi) is 17.4. The molecule has 0 saturated carbocycles. The lowest BCUT2D eigenvalue weighted by atomic mass is 9.91. The average Bonchev–Trinajstić information content (AvgIpc) is 1.55. The minimum absolute atomic E-state index is 0.0357. The molecule has 15 aromatic rings. The van der Waals surface area contributed by atoms with Crippen LogP contribution < -0.4 is 0 Å². The van der Waals surface area contributed by atoms with E-state index in [0.29, 0.717) is 0 Å². The number of halogens is 24. The van der Waals surface area contributed by atoms with Crippen LogP contribution in [0.4, 0.5) is 105 Å². The molecule has 2 aliphatic rings. The molecule has 2 aliphatic heterocycles. The van der Waals surface area contributed by atoms with Gasteiger partial charge in [0.15, 0.2) is 23.3 Å². The van der Waals surface area contributed by atoms with Gasteiger partial charge in [-0.2, -0.15) is 105 Å². The number of carboxylic acids is 2. The second-order valence-corrected chi connectivity index (χ2v) is 27.4. The Hall–Kier alpha value is -14.2. The Morgan fingerprint density at radius 1 is 0.233 bits per heavy atom. The number of H-pyrrole nitrogens is 4.